The minimum atomic E-state index is -0.568. The summed E-state index contributed by atoms with van der Waals surface area (Å²) >= 11 is 3.48. The van der Waals surface area contributed by atoms with Crippen LogP contribution in [0.25, 0.3) is 0 Å². The van der Waals surface area contributed by atoms with Crippen molar-refractivity contribution in [2.75, 3.05) is 6.54 Å². The van der Waals surface area contributed by atoms with E-state index in [0.29, 0.717) is 13.0 Å². The summed E-state index contributed by atoms with van der Waals surface area (Å²) in [5, 5.41) is 10.2. The molecule has 110 valence electrons. The second-order valence-corrected chi connectivity index (χ2v) is 6.85. The van der Waals surface area contributed by atoms with Gasteiger partial charge in [0.1, 0.15) is 5.60 Å². The van der Waals surface area contributed by atoms with Crippen LogP contribution in [-0.2, 0) is 4.74 Å². The summed E-state index contributed by atoms with van der Waals surface area (Å²) in [4.78, 5) is 13.9. The predicted molar refractivity (Wildman–Crippen MR) is 80.4 cm³/mol. The van der Waals surface area contributed by atoms with Crippen molar-refractivity contribution in [3.8, 4) is 0 Å². The van der Waals surface area contributed by atoms with E-state index in [1.807, 2.05) is 45.0 Å². The Labute approximate surface area is 127 Å². The highest BCUT2D eigenvalue weighted by atomic mass is 79.9. The molecule has 1 aromatic carbocycles. The van der Waals surface area contributed by atoms with Crippen molar-refractivity contribution in [2.45, 2.75) is 44.9 Å². The van der Waals surface area contributed by atoms with Crippen molar-refractivity contribution in [1.29, 1.82) is 0 Å². The number of hydrogen-bond donors (Lipinski definition) is 1. The first-order chi connectivity index (χ1) is 9.29. The molecular formula is C15H20BrNO3. The lowest BCUT2D eigenvalue weighted by atomic mass is 10.0. The van der Waals surface area contributed by atoms with Crippen molar-refractivity contribution in [2.24, 2.45) is 0 Å². The smallest absolute Gasteiger partial charge is 0.410 e. The van der Waals surface area contributed by atoms with Gasteiger partial charge in [-0.25, -0.2) is 4.79 Å². The summed E-state index contributed by atoms with van der Waals surface area (Å²) in [7, 11) is 0. The quantitative estimate of drug-likeness (QED) is 0.850. The number of benzene rings is 1. The minimum absolute atomic E-state index is 0.361. The largest absolute Gasteiger partial charge is 0.444 e. The van der Waals surface area contributed by atoms with Crippen molar-refractivity contribution >= 4 is 22.0 Å². The number of carbonyl (C=O) groups is 1. The molecule has 1 saturated heterocycles. The lowest BCUT2D eigenvalue weighted by molar-refractivity contribution is 0.0151. The van der Waals surface area contributed by atoms with Crippen molar-refractivity contribution < 1.29 is 14.6 Å². The number of aliphatic hydroxyl groups is 1. The van der Waals surface area contributed by atoms with E-state index in [1.165, 1.54) is 0 Å². The van der Waals surface area contributed by atoms with Crippen molar-refractivity contribution in [1.82, 2.24) is 4.90 Å². The van der Waals surface area contributed by atoms with Gasteiger partial charge in [0.15, 0.2) is 0 Å². The highest BCUT2D eigenvalue weighted by molar-refractivity contribution is 9.10. The van der Waals surface area contributed by atoms with Gasteiger partial charge < -0.3 is 9.84 Å². The molecule has 0 aliphatic carbocycles. The van der Waals surface area contributed by atoms with Gasteiger partial charge in [0.2, 0.25) is 0 Å². The summed E-state index contributed by atoms with van der Waals surface area (Å²) in [6.07, 6.45) is -0.387. The third kappa shape index (κ3) is 3.33. The van der Waals surface area contributed by atoms with E-state index >= 15 is 0 Å². The predicted octanol–water partition coefficient (Wildman–Crippen LogP) is 3.49. The van der Waals surface area contributed by atoms with Gasteiger partial charge in [-0.15, -0.1) is 0 Å². The number of rotatable bonds is 1. The SMILES string of the molecule is CC(C)(C)OC(=O)N1CCC(O)C1c1ccccc1Br. The molecule has 1 fully saturated rings. The molecule has 0 aromatic heterocycles. The Morgan fingerprint density at radius 3 is 2.65 bits per heavy atom. The molecule has 1 aliphatic heterocycles. The average molecular weight is 342 g/mol. The first-order valence-electron chi connectivity index (χ1n) is 6.72. The molecule has 2 unspecified atom stereocenters. The van der Waals surface area contributed by atoms with E-state index in [-0.39, 0.29) is 12.1 Å². The van der Waals surface area contributed by atoms with Gasteiger partial charge in [-0.3, -0.25) is 4.90 Å². The molecular weight excluding hydrogens is 322 g/mol. The zero-order valence-corrected chi connectivity index (χ0v) is 13.6. The second kappa shape index (κ2) is 5.74. The number of nitrogens with zero attached hydrogens (tertiary/aromatic N) is 1. The van der Waals surface area contributed by atoms with Gasteiger partial charge in [-0.1, -0.05) is 34.1 Å². The Hall–Kier alpha value is -1.07. The zero-order chi connectivity index (χ0) is 14.9. The number of carbonyl (C=O) groups excluding carboxylic acids is 1. The topological polar surface area (TPSA) is 49.8 Å². The van der Waals surface area contributed by atoms with Crippen LogP contribution in [-0.4, -0.2) is 34.3 Å². The van der Waals surface area contributed by atoms with Crippen LogP contribution in [0, 0.1) is 0 Å². The molecule has 1 N–H and O–H groups in total. The number of aliphatic hydroxyl groups excluding tert-OH is 1. The Kier molecular flexibility index (Phi) is 4.39. The summed E-state index contributed by atoms with van der Waals surface area (Å²) in [6.45, 7) is 6.02. The molecule has 2 atom stereocenters. The van der Waals surface area contributed by atoms with E-state index in [1.54, 1.807) is 4.90 Å². The molecule has 1 heterocycles. The lowest BCUT2D eigenvalue weighted by Gasteiger charge is -2.30. The summed E-state index contributed by atoms with van der Waals surface area (Å²) < 4.78 is 6.31. The van der Waals surface area contributed by atoms with Crippen LogP contribution in [0.1, 0.15) is 38.8 Å². The highest BCUT2D eigenvalue weighted by Crippen LogP contribution is 2.36. The van der Waals surface area contributed by atoms with Gasteiger partial charge in [0.25, 0.3) is 0 Å². The number of halogens is 1. The molecule has 1 amide bonds. The minimum Gasteiger partial charge on any atom is -0.444 e. The Bertz CT molecular complexity index is 498. The van der Waals surface area contributed by atoms with Crippen LogP contribution in [0.5, 0.6) is 0 Å². The maximum absolute atomic E-state index is 12.3. The van der Waals surface area contributed by atoms with E-state index in [9.17, 15) is 9.90 Å². The standard InChI is InChI=1S/C15H20BrNO3/c1-15(2,3)20-14(19)17-9-8-12(18)13(17)10-6-4-5-7-11(10)16/h4-7,12-13,18H,8-9H2,1-3H3. The second-order valence-electron chi connectivity index (χ2n) is 6.00. The molecule has 0 saturated carbocycles. The Balaban J connectivity index is 2.26. The molecule has 0 radical (unpaired) electrons. The van der Waals surface area contributed by atoms with Crippen LogP contribution in [0.15, 0.2) is 28.7 Å². The zero-order valence-electron chi connectivity index (χ0n) is 12.0. The third-order valence-corrected chi connectivity index (χ3v) is 3.94. The van der Waals surface area contributed by atoms with Gasteiger partial charge >= 0.3 is 6.09 Å². The number of amides is 1. The third-order valence-electron chi connectivity index (χ3n) is 3.22. The van der Waals surface area contributed by atoms with Crippen LogP contribution in [0.4, 0.5) is 4.79 Å². The Morgan fingerprint density at radius 1 is 1.40 bits per heavy atom. The molecule has 2 rings (SSSR count). The summed E-state index contributed by atoms with van der Waals surface area (Å²) in [5.41, 5.74) is 0.367. The van der Waals surface area contributed by atoms with Gasteiger partial charge in [-0.2, -0.15) is 0 Å². The fourth-order valence-electron chi connectivity index (χ4n) is 2.39. The molecule has 20 heavy (non-hydrogen) atoms. The molecule has 0 spiro atoms. The van der Waals surface area contributed by atoms with E-state index < -0.39 is 11.7 Å². The normalized spacial score (nSPS) is 22.9. The number of hydrogen-bond acceptors (Lipinski definition) is 3. The highest BCUT2D eigenvalue weighted by Gasteiger charge is 2.39. The molecule has 1 aliphatic rings. The lowest BCUT2D eigenvalue weighted by Crippen LogP contribution is -2.38. The fraction of sp³-hybridized carbons (Fsp3) is 0.533. The summed E-state index contributed by atoms with van der Waals surface area (Å²) in [5.74, 6) is 0. The van der Waals surface area contributed by atoms with E-state index in [4.69, 9.17) is 4.74 Å². The molecule has 1 aromatic rings. The molecule has 0 bridgehead atoms. The average Bonchev–Trinajstić information content (AvgIpc) is 2.70. The monoisotopic (exact) mass is 341 g/mol. The van der Waals surface area contributed by atoms with E-state index in [0.717, 1.165) is 10.0 Å². The van der Waals surface area contributed by atoms with Crippen LogP contribution >= 0.6 is 15.9 Å². The summed E-state index contributed by atoms with van der Waals surface area (Å²) in [6, 6.07) is 7.28. The number of ether oxygens (including phenoxy) is 1. The first kappa shape index (κ1) is 15.3. The fourth-order valence-corrected chi connectivity index (χ4v) is 2.91. The Morgan fingerprint density at radius 2 is 2.05 bits per heavy atom. The van der Waals surface area contributed by atoms with Crippen molar-refractivity contribution in [3.63, 3.8) is 0 Å². The maximum Gasteiger partial charge on any atom is 0.410 e. The number of likely N-dealkylation sites (tertiary alicyclic amines) is 1. The van der Waals surface area contributed by atoms with Gasteiger partial charge in [0, 0.05) is 11.0 Å². The van der Waals surface area contributed by atoms with Gasteiger partial charge in [0.05, 0.1) is 12.1 Å². The van der Waals surface area contributed by atoms with Crippen molar-refractivity contribution in [3.05, 3.63) is 34.3 Å². The van der Waals surface area contributed by atoms with Crippen LogP contribution in [0.3, 0.4) is 0 Å². The maximum atomic E-state index is 12.3. The van der Waals surface area contributed by atoms with Gasteiger partial charge in [-0.05, 0) is 38.8 Å². The first-order valence-corrected chi connectivity index (χ1v) is 7.51. The molecule has 5 heteroatoms. The van der Waals surface area contributed by atoms with Crippen LogP contribution < -0.4 is 0 Å². The van der Waals surface area contributed by atoms with E-state index in [2.05, 4.69) is 15.9 Å². The molecule has 4 nitrogen and oxygen atoms in total. The van der Waals surface area contributed by atoms with Crippen LogP contribution in [0.2, 0.25) is 0 Å².